The summed E-state index contributed by atoms with van der Waals surface area (Å²) >= 11 is 1.37. The first-order valence-electron chi connectivity index (χ1n) is 8.40. The Morgan fingerprint density at radius 2 is 1.93 bits per heavy atom. The van der Waals surface area contributed by atoms with E-state index in [1.165, 1.54) is 18.7 Å². The van der Waals surface area contributed by atoms with Gasteiger partial charge in [0.2, 0.25) is 12.3 Å². The third-order valence-corrected chi connectivity index (χ3v) is 4.49. The Morgan fingerprint density at radius 3 is 2.48 bits per heavy atom. The molecule has 0 aromatic heterocycles. The van der Waals surface area contributed by atoms with Gasteiger partial charge >= 0.3 is 11.9 Å². The summed E-state index contributed by atoms with van der Waals surface area (Å²) in [5.74, 6) is -1.18. The Morgan fingerprint density at radius 1 is 1.30 bits per heavy atom. The molecule has 3 unspecified atom stereocenters. The zero-order valence-corrected chi connectivity index (χ0v) is 16.5. The van der Waals surface area contributed by atoms with Crippen LogP contribution in [0.1, 0.15) is 26.7 Å². The normalized spacial score (nSPS) is 13.7. The number of aliphatic hydroxyl groups is 1. The molecule has 154 valence electrons. The highest BCUT2D eigenvalue weighted by Crippen LogP contribution is 2.15. The number of rotatable bonds is 15. The number of nitrogens with one attached hydrogen (secondary N) is 1. The van der Waals surface area contributed by atoms with Crippen LogP contribution in [0.15, 0.2) is 12.2 Å². The lowest BCUT2D eigenvalue weighted by molar-refractivity contribution is -0.150. The first-order chi connectivity index (χ1) is 12.7. The molecule has 0 aliphatic rings. The van der Waals surface area contributed by atoms with Gasteiger partial charge in [-0.15, -0.1) is 0 Å². The van der Waals surface area contributed by atoms with E-state index >= 15 is 0 Å². The molecule has 0 rings (SSSR count). The summed E-state index contributed by atoms with van der Waals surface area (Å²) in [5, 5.41) is 12.1. The predicted molar refractivity (Wildman–Crippen MR) is 101 cm³/mol. The number of nitrogens with two attached hydrogens (primary N) is 1. The lowest BCUT2D eigenvalue weighted by Gasteiger charge is -2.17. The molecule has 27 heavy (non-hydrogen) atoms. The van der Waals surface area contributed by atoms with Gasteiger partial charge in [-0.25, -0.2) is 4.79 Å². The number of carbonyl (C=O) groups is 4. The van der Waals surface area contributed by atoms with Crippen molar-refractivity contribution in [3.8, 4) is 0 Å². The Hall–Kier alpha value is -2.07. The van der Waals surface area contributed by atoms with E-state index in [1.54, 1.807) is 6.92 Å². The van der Waals surface area contributed by atoms with Gasteiger partial charge in [-0.1, -0.05) is 6.58 Å². The molecule has 0 aliphatic carbocycles. The summed E-state index contributed by atoms with van der Waals surface area (Å²) in [7, 11) is 0. The van der Waals surface area contributed by atoms with E-state index in [0.29, 0.717) is 24.3 Å². The van der Waals surface area contributed by atoms with Crippen molar-refractivity contribution in [2.24, 2.45) is 11.7 Å². The summed E-state index contributed by atoms with van der Waals surface area (Å²) in [6.07, 6.45) is -0.0345. The van der Waals surface area contributed by atoms with Crippen molar-refractivity contribution >= 4 is 36.0 Å². The van der Waals surface area contributed by atoms with E-state index in [2.05, 4.69) is 11.9 Å². The zero-order valence-electron chi connectivity index (χ0n) is 15.6. The minimum absolute atomic E-state index is 0.0938. The first-order valence-corrected chi connectivity index (χ1v) is 9.55. The average Bonchev–Trinajstić information content (AvgIpc) is 2.60. The summed E-state index contributed by atoms with van der Waals surface area (Å²) in [5.41, 5.74) is 5.55. The van der Waals surface area contributed by atoms with Crippen molar-refractivity contribution in [1.82, 2.24) is 5.32 Å². The Bertz CT molecular complexity index is 527. The lowest BCUT2D eigenvalue weighted by Crippen LogP contribution is -2.33. The fraction of sp³-hybridized carbons (Fsp3) is 0.647. The summed E-state index contributed by atoms with van der Waals surface area (Å²) in [6, 6.07) is -0.175. The van der Waals surface area contributed by atoms with Crippen molar-refractivity contribution in [3.63, 3.8) is 0 Å². The topological polar surface area (TPSA) is 145 Å². The molecule has 0 saturated carbocycles. The summed E-state index contributed by atoms with van der Waals surface area (Å²) in [6.45, 7) is 6.08. The maximum Gasteiger partial charge on any atom is 0.333 e. The highest BCUT2D eigenvalue weighted by Gasteiger charge is 2.19. The second kappa shape index (κ2) is 14.0. The average molecular weight is 404 g/mol. The molecule has 0 bridgehead atoms. The number of esters is 2. The molecule has 4 N–H and O–H groups in total. The van der Waals surface area contributed by atoms with Crippen LogP contribution in [0.5, 0.6) is 0 Å². The number of amides is 2. The van der Waals surface area contributed by atoms with Gasteiger partial charge in [0.25, 0.3) is 0 Å². The molecular weight excluding hydrogens is 376 g/mol. The molecule has 0 fully saturated rings. The van der Waals surface area contributed by atoms with E-state index in [9.17, 15) is 24.3 Å². The van der Waals surface area contributed by atoms with Crippen LogP contribution in [-0.4, -0.2) is 66.2 Å². The third kappa shape index (κ3) is 12.8. The van der Waals surface area contributed by atoms with Gasteiger partial charge in [0.15, 0.2) is 0 Å². The Kier molecular flexibility index (Phi) is 13.0. The van der Waals surface area contributed by atoms with Crippen molar-refractivity contribution in [3.05, 3.63) is 12.2 Å². The van der Waals surface area contributed by atoms with E-state index < -0.39 is 29.9 Å². The minimum atomic E-state index is -1.11. The van der Waals surface area contributed by atoms with Crippen molar-refractivity contribution < 1.29 is 33.8 Å². The Balaban J connectivity index is 3.97. The van der Waals surface area contributed by atoms with Crippen LogP contribution in [0.25, 0.3) is 0 Å². The van der Waals surface area contributed by atoms with Crippen LogP contribution in [0.4, 0.5) is 0 Å². The molecular formula is C17H28N2O7S. The molecule has 2 amide bonds. The number of primary amides is 1. The number of aliphatic hydroxyl groups excluding tert-OH is 1. The predicted octanol–water partition coefficient (Wildman–Crippen LogP) is -0.241. The van der Waals surface area contributed by atoms with Crippen LogP contribution >= 0.6 is 11.8 Å². The maximum atomic E-state index is 11.6. The van der Waals surface area contributed by atoms with Gasteiger partial charge in [-0.05, 0) is 20.3 Å². The molecule has 0 saturated heterocycles. The van der Waals surface area contributed by atoms with Gasteiger partial charge in [-0.3, -0.25) is 14.4 Å². The smallest absolute Gasteiger partial charge is 0.333 e. The summed E-state index contributed by atoms with van der Waals surface area (Å²) < 4.78 is 9.63. The molecule has 0 heterocycles. The van der Waals surface area contributed by atoms with E-state index in [4.69, 9.17) is 15.2 Å². The number of hydrogen-bond donors (Lipinski definition) is 3. The molecule has 0 spiro atoms. The number of carbonyl (C=O) groups excluding carboxylic acids is 4. The quantitative estimate of drug-likeness (QED) is 0.147. The van der Waals surface area contributed by atoms with E-state index in [0.717, 1.165) is 0 Å². The fourth-order valence-electron chi connectivity index (χ4n) is 1.86. The Labute approximate surface area is 163 Å². The molecule has 0 radical (unpaired) electrons. The molecule has 9 nitrogen and oxygen atoms in total. The zero-order chi connectivity index (χ0) is 20.8. The second-order valence-electron chi connectivity index (χ2n) is 6.06. The SMILES string of the molecule is C=C(C)C(=O)OCC(O)COC(=O)CCSCC(CC(C)NC=O)C(N)=O. The third-order valence-electron chi connectivity index (χ3n) is 3.35. The van der Waals surface area contributed by atoms with Gasteiger partial charge in [0.1, 0.15) is 19.3 Å². The van der Waals surface area contributed by atoms with Crippen LogP contribution in [-0.2, 0) is 28.7 Å². The summed E-state index contributed by atoms with van der Waals surface area (Å²) in [4.78, 5) is 44.6. The van der Waals surface area contributed by atoms with Crippen LogP contribution < -0.4 is 11.1 Å². The van der Waals surface area contributed by atoms with Crippen LogP contribution in [0, 0.1) is 5.92 Å². The lowest BCUT2D eigenvalue weighted by atomic mass is 10.0. The highest BCUT2D eigenvalue weighted by molar-refractivity contribution is 7.99. The minimum Gasteiger partial charge on any atom is -0.463 e. The van der Waals surface area contributed by atoms with Gasteiger partial charge in [-0.2, -0.15) is 11.8 Å². The molecule has 0 aromatic rings. The highest BCUT2D eigenvalue weighted by atomic mass is 32.2. The van der Waals surface area contributed by atoms with Crippen molar-refractivity contribution in [2.45, 2.75) is 38.8 Å². The van der Waals surface area contributed by atoms with Crippen molar-refractivity contribution in [2.75, 3.05) is 24.7 Å². The largest absolute Gasteiger partial charge is 0.463 e. The maximum absolute atomic E-state index is 11.6. The van der Waals surface area contributed by atoms with Gasteiger partial charge < -0.3 is 25.6 Å². The van der Waals surface area contributed by atoms with Gasteiger partial charge in [0.05, 0.1) is 6.42 Å². The second-order valence-corrected chi connectivity index (χ2v) is 7.21. The van der Waals surface area contributed by atoms with E-state index in [1.807, 2.05) is 0 Å². The van der Waals surface area contributed by atoms with Crippen LogP contribution in [0.3, 0.4) is 0 Å². The molecule has 0 aromatic carbocycles. The molecule has 0 aliphatic heterocycles. The number of thioether (sulfide) groups is 1. The van der Waals surface area contributed by atoms with Crippen LogP contribution in [0.2, 0.25) is 0 Å². The van der Waals surface area contributed by atoms with E-state index in [-0.39, 0.29) is 31.2 Å². The van der Waals surface area contributed by atoms with Crippen molar-refractivity contribution in [1.29, 1.82) is 0 Å². The monoisotopic (exact) mass is 404 g/mol. The van der Waals surface area contributed by atoms with Gasteiger partial charge in [0, 0.05) is 29.0 Å². The number of hydrogen-bond acceptors (Lipinski definition) is 8. The fourth-order valence-corrected chi connectivity index (χ4v) is 2.93. The first kappa shape index (κ1) is 24.9. The standard InChI is InChI=1S/C17H28N2O7S/c1-11(2)17(24)26-8-14(21)7-25-15(22)4-5-27-9-13(16(18)23)6-12(3)19-10-20/h10,12-14,21H,1,4-9H2,2-3H3,(H2,18,23)(H,19,20). The molecule has 10 heteroatoms. The molecule has 3 atom stereocenters. The number of ether oxygens (including phenoxy) is 2.